The van der Waals surface area contributed by atoms with Crippen molar-refractivity contribution in [1.82, 2.24) is 5.09 Å². The Labute approximate surface area is 126 Å². The Kier molecular flexibility index (Phi) is 6.54. The molecule has 1 aromatic rings. The first-order valence-electron chi connectivity index (χ1n) is 6.35. The van der Waals surface area contributed by atoms with Crippen LogP contribution in [0, 0.1) is 0 Å². The summed E-state index contributed by atoms with van der Waals surface area (Å²) in [6.45, 7) is 1.74. The maximum atomic E-state index is 12.4. The summed E-state index contributed by atoms with van der Waals surface area (Å²) < 4.78 is 12.4. The summed E-state index contributed by atoms with van der Waals surface area (Å²) in [7, 11) is -3.98. The van der Waals surface area contributed by atoms with Crippen molar-refractivity contribution in [2.24, 2.45) is 0 Å². The monoisotopic (exact) mass is 335 g/mol. The molecular formula is C12H18NO6PS. The lowest BCUT2D eigenvalue weighted by atomic mass is 10.2. The van der Waals surface area contributed by atoms with E-state index in [0.29, 0.717) is 12.0 Å². The van der Waals surface area contributed by atoms with Gasteiger partial charge in [0.2, 0.25) is 0 Å². The first kappa shape index (κ1) is 17.8. The molecule has 3 atom stereocenters. The van der Waals surface area contributed by atoms with E-state index in [1.54, 1.807) is 23.8 Å². The van der Waals surface area contributed by atoms with Crippen LogP contribution in [0.4, 0.5) is 0 Å². The fraction of sp³-hybridized carbons (Fsp3) is 0.500. The van der Waals surface area contributed by atoms with Crippen LogP contribution in [0.1, 0.15) is 37.4 Å². The van der Waals surface area contributed by atoms with Gasteiger partial charge >= 0.3 is 11.9 Å². The Morgan fingerprint density at radius 1 is 1.43 bits per heavy atom. The van der Waals surface area contributed by atoms with Gasteiger partial charge in [0.25, 0.3) is 7.52 Å². The third-order valence-electron chi connectivity index (χ3n) is 3.02. The minimum atomic E-state index is -3.98. The van der Waals surface area contributed by atoms with Crippen molar-refractivity contribution >= 4 is 30.8 Å². The van der Waals surface area contributed by atoms with Crippen LogP contribution in [0.2, 0.25) is 0 Å². The lowest BCUT2D eigenvalue weighted by molar-refractivity contribution is -0.140. The van der Waals surface area contributed by atoms with Gasteiger partial charge in [-0.05, 0) is 35.2 Å². The average molecular weight is 335 g/mol. The van der Waals surface area contributed by atoms with E-state index >= 15 is 0 Å². The highest BCUT2D eigenvalue weighted by atomic mass is 32.1. The molecule has 0 fully saturated rings. The summed E-state index contributed by atoms with van der Waals surface area (Å²) in [5.41, 5.74) is -0.0429. The highest BCUT2D eigenvalue weighted by Gasteiger charge is 2.35. The van der Waals surface area contributed by atoms with Gasteiger partial charge in [0.1, 0.15) is 6.04 Å². The van der Waals surface area contributed by atoms with Gasteiger partial charge in [-0.3, -0.25) is 14.2 Å². The van der Waals surface area contributed by atoms with E-state index in [1.807, 2.05) is 0 Å². The lowest BCUT2D eigenvalue weighted by Gasteiger charge is -2.25. The van der Waals surface area contributed by atoms with Gasteiger partial charge in [-0.1, -0.05) is 6.92 Å². The number of nitrogens with one attached hydrogen (secondary N) is 1. The second kappa shape index (κ2) is 7.70. The van der Waals surface area contributed by atoms with Crippen LogP contribution < -0.4 is 5.09 Å². The molecular weight excluding hydrogens is 317 g/mol. The van der Waals surface area contributed by atoms with Crippen molar-refractivity contribution in [3.05, 3.63) is 22.4 Å². The molecule has 21 heavy (non-hydrogen) atoms. The zero-order chi connectivity index (χ0) is 16.0. The van der Waals surface area contributed by atoms with Crippen LogP contribution in [-0.4, -0.2) is 33.1 Å². The van der Waals surface area contributed by atoms with Crippen molar-refractivity contribution in [3.63, 3.8) is 0 Å². The molecule has 0 aliphatic carbocycles. The normalized spacial score (nSPS) is 16.9. The van der Waals surface area contributed by atoms with Crippen LogP contribution >= 0.6 is 18.9 Å². The Morgan fingerprint density at radius 3 is 2.52 bits per heavy atom. The first-order chi connectivity index (χ1) is 9.77. The third kappa shape index (κ3) is 5.24. The fourth-order valence-corrected chi connectivity index (χ4v) is 4.71. The van der Waals surface area contributed by atoms with Crippen LogP contribution in [0.25, 0.3) is 0 Å². The predicted octanol–water partition coefficient (Wildman–Crippen LogP) is 2.29. The molecule has 0 aliphatic heterocycles. The van der Waals surface area contributed by atoms with Crippen LogP contribution in [0.15, 0.2) is 16.8 Å². The molecule has 0 aromatic carbocycles. The molecule has 0 spiro atoms. The Balaban J connectivity index is 2.86. The molecule has 0 bridgehead atoms. The van der Waals surface area contributed by atoms with E-state index in [1.165, 1.54) is 11.3 Å². The summed E-state index contributed by atoms with van der Waals surface area (Å²) in [6.07, 6.45) is -0.280. The summed E-state index contributed by atoms with van der Waals surface area (Å²) >= 11 is 1.38. The van der Waals surface area contributed by atoms with Gasteiger partial charge in [-0.15, -0.1) is 0 Å². The number of hydrogen-bond acceptors (Lipinski definition) is 4. The molecule has 1 aromatic heterocycles. The molecule has 118 valence electrons. The second-order valence-corrected chi connectivity index (χ2v) is 7.46. The van der Waals surface area contributed by atoms with Gasteiger partial charge in [0, 0.05) is 6.42 Å². The molecule has 9 heteroatoms. The molecule has 1 rings (SSSR count). The number of rotatable bonds is 9. The van der Waals surface area contributed by atoms with Gasteiger partial charge < -0.3 is 15.1 Å². The van der Waals surface area contributed by atoms with Gasteiger partial charge in [-0.25, -0.2) is 5.09 Å². The Morgan fingerprint density at radius 2 is 2.10 bits per heavy atom. The molecule has 0 radical (unpaired) electrons. The number of carbonyl (C=O) groups is 2. The largest absolute Gasteiger partial charge is 0.481 e. The molecule has 7 nitrogen and oxygen atoms in total. The summed E-state index contributed by atoms with van der Waals surface area (Å²) in [6, 6.07) is 0.348. The maximum Gasteiger partial charge on any atom is 0.321 e. The third-order valence-corrected chi connectivity index (χ3v) is 5.91. The van der Waals surface area contributed by atoms with E-state index < -0.39 is 31.2 Å². The van der Waals surface area contributed by atoms with Gasteiger partial charge in [0.15, 0.2) is 0 Å². The highest BCUT2D eigenvalue weighted by Crippen LogP contribution is 2.54. The van der Waals surface area contributed by atoms with Crippen LogP contribution in [0.5, 0.6) is 0 Å². The molecule has 0 amide bonds. The predicted molar refractivity (Wildman–Crippen MR) is 78.6 cm³/mol. The van der Waals surface area contributed by atoms with Crippen molar-refractivity contribution in [3.8, 4) is 0 Å². The zero-order valence-corrected chi connectivity index (χ0v) is 13.1. The van der Waals surface area contributed by atoms with Crippen LogP contribution in [-0.2, 0) is 14.2 Å². The number of thiophene rings is 1. The van der Waals surface area contributed by atoms with E-state index in [9.17, 15) is 19.0 Å². The number of aliphatic carboxylic acids is 2. The molecule has 0 aliphatic rings. The zero-order valence-electron chi connectivity index (χ0n) is 11.4. The van der Waals surface area contributed by atoms with E-state index in [2.05, 4.69) is 5.09 Å². The quantitative estimate of drug-likeness (QED) is 0.510. The van der Waals surface area contributed by atoms with Crippen LogP contribution in [0.3, 0.4) is 0 Å². The smallest absolute Gasteiger partial charge is 0.321 e. The summed E-state index contributed by atoms with van der Waals surface area (Å²) in [5.74, 6) is -2.49. The van der Waals surface area contributed by atoms with Crippen molar-refractivity contribution in [2.75, 3.05) is 0 Å². The molecule has 0 saturated heterocycles. The molecule has 4 N–H and O–H groups in total. The standard InChI is InChI=1S/C12H18NO6PS/c1-2-10(8-5-6-21-7-8)20(18,19)13-9(12(16)17)3-4-11(14)15/h5-7,9-10H,2-4H2,1H3,(H,14,15)(H,16,17)(H2,13,18,19). The van der Waals surface area contributed by atoms with Gasteiger partial charge in [-0.2, -0.15) is 11.3 Å². The van der Waals surface area contributed by atoms with Crippen molar-refractivity contribution < 1.29 is 29.3 Å². The van der Waals surface area contributed by atoms with Gasteiger partial charge in [0.05, 0.1) is 5.66 Å². The summed E-state index contributed by atoms with van der Waals surface area (Å²) in [4.78, 5) is 31.8. The average Bonchev–Trinajstić information content (AvgIpc) is 2.88. The van der Waals surface area contributed by atoms with E-state index in [0.717, 1.165) is 0 Å². The van der Waals surface area contributed by atoms with Crippen molar-refractivity contribution in [1.29, 1.82) is 0 Å². The summed E-state index contributed by atoms with van der Waals surface area (Å²) in [5, 5.41) is 23.4. The lowest BCUT2D eigenvalue weighted by Crippen LogP contribution is -2.36. The fourth-order valence-electron chi connectivity index (χ4n) is 1.97. The number of hydrogen-bond donors (Lipinski definition) is 4. The topological polar surface area (TPSA) is 124 Å². The molecule has 1 heterocycles. The maximum absolute atomic E-state index is 12.4. The van der Waals surface area contributed by atoms with Crippen molar-refractivity contribution in [2.45, 2.75) is 37.9 Å². The first-order valence-corrected chi connectivity index (χ1v) is 9.02. The van der Waals surface area contributed by atoms with E-state index in [4.69, 9.17) is 10.2 Å². The minimum Gasteiger partial charge on any atom is -0.481 e. The van der Waals surface area contributed by atoms with E-state index in [-0.39, 0.29) is 12.8 Å². The Hall–Kier alpha value is -1.21. The SMILES string of the molecule is CCC(c1ccsc1)P(=O)(O)NC(CCC(=O)O)C(=O)O. The molecule has 0 saturated carbocycles. The Bertz CT molecular complexity index is 532. The second-order valence-electron chi connectivity index (χ2n) is 4.56. The minimum absolute atomic E-state index is 0.255. The highest BCUT2D eigenvalue weighted by molar-refractivity contribution is 7.56. The number of carboxylic acids is 2. The number of carboxylic acid groups (broad SMARTS) is 2. The molecule has 3 unspecified atom stereocenters.